The first kappa shape index (κ1) is 20.7. The third-order valence-corrected chi connectivity index (χ3v) is 7.43. The first-order valence-corrected chi connectivity index (χ1v) is 11.8. The highest BCUT2D eigenvalue weighted by molar-refractivity contribution is 6.07. The van der Waals surface area contributed by atoms with E-state index in [-0.39, 0.29) is 28.5 Å². The van der Waals surface area contributed by atoms with E-state index in [1.165, 1.54) is 5.56 Å². The monoisotopic (exact) mass is 451 g/mol. The number of amides is 1. The van der Waals surface area contributed by atoms with Gasteiger partial charge in [-0.25, -0.2) is 0 Å². The van der Waals surface area contributed by atoms with Crippen LogP contribution in [0.5, 0.6) is 0 Å². The van der Waals surface area contributed by atoms with Crippen LogP contribution in [0.25, 0.3) is 0 Å². The van der Waals surface area contributed by atoms with Crippen molar-refractivity contribution in [2.45, 2.75) is 31.2 Å². The van der Waals surface area contributed by atoms with Gasteiger partial charge in [0.05, 0.1) is 11.0 Å². The highest BCUT2D eigenvalue weighted by Crippen LogP contribution is 2.50. The van der Waals surface area contributed by atoms with Gasteiger partial charge in [0.2, 0.25) is 0 Å². The molecule has 170 valence electrons. The van der Waals surface area contributed by atoms with Crippen molar-refractivity contribution in [1.82, 2.24) is 0 Å². The van der Waals surface area contributed by atoms with E-state index < -0.39 is 0 Å². The number of carbonyl (C=O) groups is 1. The molecule has 1 N–H and O–H groups in total. The van der Waals surface area contributed by atoms with Crippen LogP contribution in [-0.2, 0) is 6.42 Å². The minimum Gasteiger partial charge on any atom is -0.378 e. The smallest absolute Gasteiger partial charge is 0.269 e. The zero-order chi connectivity index (χ0) is 23.2. The summed E-state index contributed by atoms with van der Waals surface area (Å²) in [6.07, 6.45) is 7.36. The molecular formula is C28H25N3O3. The lowest BCUT2D eigenvalue weighted by molar-refractivity contribution is -0.384. The van der Waals surface area contributed by atoms with E-state index in [0.29, 0.717) is 11.5 Å². The van der Waals surface area contributed by atoms with Crippen LogP contribution < -0.4 is 10.2 Å². The van der Waals surface area contributed by atoms with Gasteiger partial charge in [0.1, 0.15) is 0 Å². The van der Waals surface area contributed by atoms with Gasteiger partial charge in [-0.05, 0) is 66.1 Å². The molecule has 1 aliphatic carbocycles. The number of non-ortho nitro benzene ring substituents is 1. The van der Waals surface area contributed by atoms with Crippen LogP contribution in [0.15, 0.2) is 78.9 Å². The van der Waals surface area contributed by atoms with Crippen LogP contribution >= 0.6 is 0 Å². The van der Waals surface area contributed by atoms with Crippen molar-refractivity contribution in [2.75, 3.05) is 16.8 Å². The Morgan fingerprint density at radius 1 is 1.06 bits per heavy atom. The molecule has 0 saturated carbocycles. The summed E-state index contributed by atoms with van der Waals surface area (Å²) in [7, 11) is 0. The average Bonchev–Trinajstić information content (AvgIpc) is 3.38. The highest BCUT2D eigenvalue weighted by atomic mass is 16.6. The number of benzene rings is 3. The molecule has 6 heteroatoms. The summed E-state index contributed by atoms with van der Waals surface area (Å²) in [6, 6.07) is 21.1. The molecule has 3 unspecified atom stereocenters. The molecule has 3 aromatic carbocycles. The van der Waals surface area contributed by atoms with Gasteiger partial charge in [-0.2, -0.15) is 0 Å². The number of nitrogens with zero attached hydrogens (tertiary/aromatic N) is 2. The Morgan fingerprint density at radius 3 is 2.71 bits per heavy atom. The van der Waals surface area contributed by atoms with Gasteiger partial charge >= 0.3 is 0 Å². The predicted octanol–water partition coefficient (Wildman–Crippen LogP) is 6.01. The first-order valence-electron chi connectivity index (χ1n) is 11.8. The summed E-state index contributed by atoms with van der Waals surface area (Å²) in [6.45, 7) is 0.735. The maximum Gasteiger partial charge on any atom is 0.269 e. The Hall–Kier alpha value is -3.93. The number of allylic oxidation sites excluding steroid dienone is 2. The van der Waals surface area contributed by atoms with E-state index in [0.717, 1.165) is 48.3 Å². The number of nitro benzene ring substituents is 1. The summed E-state index contributed by atoms with van der Waals surface area (Å²) in [5, 5.41) is 14.7. The lowest BCUT2D eigenvalue weighted by Gasteiger charge is -2.38. The topological polar surface area (TPSA) is 75.5 Å². The summed E-state index contributed by atoms with van der Waals surface area (Å²) >= 11 is 0. The fourth-order valence-electron chi connectivity index (χ4n) is 5.76. The molecule has 2 aliphatic heterocycles. The summed E-state index contributed by atoms with van der Waals surface area (Å²) in [4.78, 5) is 26.1. The number of anilines is 2. The number of aryl methyl sites for hydroxylation is 1. The predicted molar refractivity (Wildman–Crippen MR) is 132 cm³/mol. The van der Waals surface area contributed by atoms with Crippen molar-refractivity contribution in [2.24, 2.45) is 5.92 Å². The minimum absolute atomic E-state index is 0.0472. The van der Waals surface area contributed by atoms with E-state index in [1.54, 1.807) is 12.1 Å². The SMILES string of the molecule is O=C(c1ccc2c(c1)C1C=CCC1C(c1ccc([N+](=O)[O-])cc1)N2)N1CCCc2ccccc21. The maximum atomic E-state index is 13.5. The van der Waals surface area contributed by atoms with Gasteiger partial charge < -0.3 is 10.2 Å². The third-order valence-electron chi connectivity index (χ3n) is 7.43. The number of para-hydroxylation sites is 1. The molecule has 6 nitrogen and oxygen atoms in total. The molecule has 0 fully saturated rings. The Bertz CT molecular complexity index is 1310. The third kappa shape index (κ3) is 3.37. The fourth-order valence-corrected chi connectivity index (χ4v) is 5.76. The molecule has 0 radical (unpaired) electrons. The molecule has 6 rings (SSSR count). The molecule has 3 atom stereocenters. The first-order chi connectivity index (χ1) is 16.6. The van der Waals surface area contributed by atoms with Crippen molar-refractivity contribution >= 4 is 23.0 Å². The minimum atomic E-state index is -0.368. The average molecular weight is 452 g/mol. The van der Waals surface area contributed by atoms with Gasteiger partial charge in [-0.15, -0.1) is 0 Å². The molecule has 0 saturated heterocycles. The van der Waals surface area contributed by atoms with Crippen molar-refractivity contribution in [3.63, 3.8) is 0 Å². The number of carbonyl (C=O) groups excluding carboxylic acids is 1. The van der Waals surface area contributed by atoms with E-state index in [9.17, 15) is 14.9 Å². The normalized spacial score (nSPS) is 22.4. The lowest BCUT2D eigenvalue weighted by atomic mass is 9.76. The van der Waals surface area contributed by atoms with Crippen LogP contribution in [0.3, 0.4) is 0 Å². The number of nitro groups is 1. The molecule has 0 bridgehead atoms. The number of fused-ring (bicyclic) bond motifs is 4. The Balaban J connectivity index is 1.32. The van der Waals surface area contributed by atoms with Crippen LogP contribution in [0.4, 0.5) is 17.1 Å². The highest BCUT2D eigenvalue weighted by Gasteiger charge is 2.38. The number of nitrogens with one attached hydrogen (secondary N) is 1. The van der Waals surface area contributed by atoms with Crippen molar-refractivity contribution in [3.8, 4) is 0 Å². The second kappa shape index (κ2) is 8.13. The van der Waals surface area contributed by atoms with Crippen LogP contribution in [-0.4, -0.2) is 17.4 Å². The number of hydrogen-bond acceptors (Lipinski definition) is 4. The van der Waals surface area contributed by atoms with Crippen molar-refractivity contribution in [3.05, 3.63) is 111 Å². The van der Waals surface area contributed by atoms with E-state index in [4.69, 9.17) is 0 Å². The lowest BCUT2D eigenvalue weighted by Crippen LogP contribution is -2.36. The Labute approximate surface area is 198 Å². The number of hydrogen-bond donors (Lipinski definition) is 1. The summed E-state index contributed by atoms with van der Waals surface area (Å²) in [5.41, 5.74) is 6.27. The fraction of sp³-hybridized carbons (Fsp3) is 0.250. The van der Waals surface area contributed by atoms with Gasteiger partial charge in [0, 0.05) is 41.5 Å². The molecule has 0 aromatic heterocycles. The van der Waals surface area contributed by atoms with Crippen LogP contribution in [0.1, 0.15) is 51.8 Å². The Morgan fingerprint density at radius 2 is 1.88 bits per heavy atom. The van der Waals surface area contributed by atoms with E-state index in [1.807, 2.05) is 47.4 Å². The molecule has 34 heavy (non-hydrogen) atoms. The molecule has 1 amide bonds. The maximum absolute atomic E-state index is 13.5. The second-order valence-corrected chi connectivity index (χ2v) is 9.32. The summed E-state index contributed by atoms with van der Waals surface area (Å²) in [5.74, 6) is 0.554. The summed E-state index contributed by atoms with van der Waals surface area (Å²) < 4.78 is 0. The van der Waals surface area contributed by atoms with Gasteiger partial charge in [-0.3, -0.25) is 14.9 Å². The van der Waals surface area contributed by atoms with Gasteiger partial charge in [0.25, 0.3) is 11.6 Å². The zero-order valence-electron chi connectivity index (χ0n) is 18.7. The Kier molecular flexibility index (Phi) is 4.94. The van der Waals surface area contributed by atoms with Crippen molar-refractivity contribution in [1.29, 1.82) is 0 Å². The molecule has 0 spiro atoms. The second-order valence-electron chi connectivity index (χ2n) is 9.32. The van der Waals surface area contributed by atoms with E-state index in [2.05, 4.69) is 29.6 Å². The van der Waals surface area contributed by atoms with Crippen LogP contribution in [0, 0.1) is 16.0 Å². The van der Waals surface area contributed by atoms with Gasteiger partial charge in [0.15, 0.2) is 0 Å². The molecular weight excluding hydrogens is 426 g/mol. The van der Waals surface area contributed by atoms with Crippen molar-refractivity contribution < 1.29 is 9.72 Å². The number of rotatable bonds is 3. The zero-order valence-corrected chi connectivity index (χ0v) is 18.7. The molecule has 3 aliphatic rings. The molecule has 3 aromatic rings. The van der Waals surface area contributed by atoms with Gasteiger partial charge in [-0.1, -0.05) is 42.5 Å². The molecule has 2 heterocycles. The van der Waals surface area contributed by atoms with Crippen LogP contribution in [0.2, 0.25) is 0 Å². The quantitative estimate of drug-likeness (QED) is 0.300. The largest absolute Gasteiger partial charge is 0.378 e. The standard InChI is InChI=1S/C28H25N3O3/c32-28(30-16-4-6-18-5-1-2-9-26(18)30)20-12-15-25-24(17-20)22-7-3-8-23(22)27(29-25)19-10-13-21(14-11-19)31(33)34/h1-3,5,7,9-15,17,22-23,27,29H,4,6,8,16H2. The van der Waals surface area contributed by atoms with E-state index >= 15 is 0 Å².